The molecular formula is C37H42N2O9S2. The zero-order valence-electron chi connectivity index (χ0n) is 28.4. The summed E-state index contributed by atoms with van der Waals surface area (Å²) in [6.07, 6.45) is 2.45. The minimum absolute atomic E-state index is 0.0278. The number of fused-ring (bicyclic) bond motifs is 3. The van der Waals surface area contributed by atoms with Crippen LogP contribution in [0.5, 0.6) is 11.5 Å². The van der Waals surface area contributed by atoms with Gasteiger partial charge in [0, 0.05) is 37.3 Å². The van der Waals surface area contributed by atoms with Gasteiger partial charge in [-0.05, 0) is 112 Å². The van der Waals surface area contributed by atoms with Gasteiger partial charge in [-0.1, -0.05) is 36.4 Å². The summed E-state index contributed by atoms with van der Waals surface area (Å²) in [7, 11) is -3.85. The van der Waals surface area contributed by atoms with Crippen molar-refractivity contribution >= 4 is 26.0 Å². The van der Waals surface area contributed by atoms with E-state index in [9.17, 15) is 21.6 Å². The van der Waals surface area contributed by atoms with E-state index in [4.69, 9.17) is 18.6 Å². The third kappa shape index (κ3) is 9.16. The third-order valence-electron chi connectivity index (χ3n) is 8.81. The second-order valence-corrected chi connectivity index (χ2v) is 15.6. The molecule has 7 rings (SSSR count). The van der Waals surface area contributed by atoms with Crippen LogP contribution >= 0.6 is 0 Å². The Balaban J connectivity index is 0.000000182. The first-order chi connectivity index (χ1) is 23.6. The summed E-state index contributed by atoms with van der Waals surface area (Å²) >= 11 is 0. The lowest BCUT2D eigenvalue weighted by molar-refractivity contribution is 0.104. The number of benzene rings is 4. The van der Waals surface area contributed by atoms with E-state index in [2.05, 4.69) is 23.9 Å². The van der Waals surface area contributed by atoms with Crippen LogP contribution in [-0.4, -0.2) is 94.0 Å². The molecule has 0 unspecified atom stereocenters. The van der Waals surface area contributed by atoms with Gasteiger partial charge in [0.05, 0.1) is 9.79 Å². The number of nitrogens with zero attached hydrogens (tertiary/aromatic N) is 2. The molecule has 3 aliphatic rings. The van der Waals surface area contributed by atoms with Crippen LogP contribution in [0, 0.1) is 13.8 Å². The van der Waals surface area contributed by atoms with Gasteiger partial charge in [0.15, 0.2) is 5.78 Å². The number of hydrogen-bond donors (Lipinski definition) is 2. The molecule has 0 spiro atoms. The summed E-state index contributed by atoms with van der Waals surface area (Å²) in [5.74, 6) is 1.63. The van der Waals surface area contributed by atoms with Gasteiger partial charge in [-0.15, -0.1) is 0 Å². The van der Waals surface area contributed by atoms with E-state index in [1.54, 1.807) is 50.2 Å². The molecule has 0 amide bonds. The maximum atomic E-state index is 13.0. The molecule has 0 radical (unpaired) electrons. The summed E-state index contributed by atoms with van der Waals surface area (Å²) in [5.41, 5.74) is 4.55. The highest BCUT2D eigenvalue weighted by Crippen LogP contribution is 2.40. The SMILES string of the molecule is CN1CC[C@H](Oc2ccc3c(c2)C(=O)c2cc(O[C@H]4CCN(C)C4)ccc2-3)C1.Cc1ccccc1S(=O)(=O)O.Cc1ccccc1S(=O)(=O)O. The molecule has 2 heterocycles. The Morgan fingerprint density at radius 2 is 0.980 bits per heavy atom. The van der Waals surface area contributed by atoms with E-state index in [0.29, 0.717) is 11.1 Å². The van der Waals surface area contributed by atoms with Crippen LogP contribution in [0.1, 0.15) is 39.9 Å². The molecule has 0 aromatic heterocycles. The minimum Gasteiger partial charge on any atom is -0.489 e. The van der Waals surface area contributed by atoms with Crippen molar-refractivity contribution in [2.75, 3.05) is 40.3 Å². The maximum absolute atomic E-state index is 13.0. The maximum Gasteiger partial charge on any atom is 0.294 e. The molecule has 4 aromatic carbocycles. The number of rotatable bonds is 6. The molecular weight excluding hydrogens is 681 g/mol. The number of ketones is 1. The Bertz CT molecular complexity index is 1940. The minimum atomic E-state index is -4.03. The van der Waals surface area contributed by atoms with Crippen molar-refractivity contribution in [1.29, 1.82) is 0 Å². The molecule has 0 bridgehead atoms. The molecule has 13 heteroatoms. The van der Waals surface area contributed by atoms with E-state index >= 15 is 0 Å². The lowest BCUT2D eigenvalue weighted by Gasteiger charge is -2.14. The Kier molecular flexibility index (Phi) is 11.5. The highest BCUT2D eigenvalue weighted by molar-refractivity contribution is 7.86. The predicted molar refractivity (Wildman–Crippen MR) is 190 cm³/mol. The predicted octanol–water partition coefficient (Wildman–Crippen LogP) is 5.55. The van der Waals surface area contributed by atoms with E-state index in [-0.39, 0.29) is 27.8 Å². The van der Waals surface area contributed by atoms with Gasteiger partial charge in [0.25, 0.3) is 20.2 Å². The van der Waals surface area contributed by atoms with Crippen LogP contribution in [0.4, 0.5) is 0 Å². The van der Waals surface area contributed by atoms with E-state index in [1.165, 1.54) is 12.1 Å². The largest absolute Gasteiger partial charge is 0.489 e. The highest BCUT2D eigenvalue weighted by atomic mass is 32.2. The molecule has 2 fully saturated rings. The zero-order valence-corrected chi connectivity index (χ0v) is 30.1. The van der Waals surface area contributed by atoms with Crippen molar-refractivity contribution in [3.8, 4) is 22.6 Å². The Hall–Kier alpha value is -4.11. The Morgan fingerprint density at radius 1 is 0.600 bits per heavy atom. The first-order valence-electron chi connectivity index (χ1n) is 16.2. The fourth-order valence-corrected chi connectivity index (χ4v) is 7.69. The van der Waals surface area contributed by atoms with E-state index in [0.717, 1.165) is 72.8 Å². The van der Waals surface area contributed by atoms with Gasteiger partial charge in [-0.2, -0.15) is 16.8 Å². The van der Waals surface area contributed by atoms with Crippen LogP contribution in [0.3, 0.4) is 0 Å². The highest BCUT2D eigenvalue weighted by Gasteiger charge is 2.29. The van der Waals surface area contributed by atoms with Gasteiger partial charge in [0.1, 0.15) is 23.7 Å². The number of carbonyl (C=O) groups is 1. The molecule has 2 aliphatic heterocycles. The fourth-order valence-electron chi connectivity index (χ4n) is 6.24. The van der Waals surface area contributed by atoms with E-state index < -0.39 is 20.2 Å². The normalized spacial score (nSPS) is 18.7. The second kappa shape index (κ2) is 15.4. The van der Waals surface area contributed by atoms with Gasteiger partial charge in [-0.25, -0.2) is 0 Å². The smallest absolute Gasteiger partial charge is 0.294 e. The molecule has 266 valence electrons. The number of aryl methyl sites for hydroxylation is 2. The van der Waals surface area contributed by atoms with Gasteiger partial charge < -0.3 is 19.3 Å². The quantitative estimate of drug-likeness (QED) is 0.213. The molecule has 1 aliphatic carbocycles. The van der Waals surface area contributed by atoms with Gasteiger partial charge in [-0.3, -0.25) is 13.9 Å². The van der Waals surface area contributed by atoms with Gasteiger partial charge in [0.2, 0.25) is 0 Å². The molecule has 0 saturated carbocycles. The third-order valence-corrected chi connectivity index (χ3v) is 10.8. The molecule has 4 aromatic rings. The first-order valence-corrected chi connectivity index (χ1v) is 19.1. The van der Waals surface area contributed by atoms with Crippen LogP contribution in [0.15, 0.2) is 94.7 Å². The molecule has 2 N–H and O–H groups in total. The van der Waals surface area contributed by atoms with Crippen LogP contribution < -0.4 is 9.47 Å². The number of carbonyl (C=O) groups excluding carboxylic acids is 1. The summed E-state index contributed by atoms with van der Waals surface area (Å²) in [6, 6.07) is 24.3. The number of hydrogen-bond acceptors (Lipinski definition) is 9. The molecule has 2 atom stereocenters. The first kappa shape index (κ1) is 37.2. The average molecular weight is 723 g/mol. The Morgan fingerprint density at radius 3 is 1.28 bits per heavy atom. The topological polar surface area (TPSA) is 151 Å². The average Bonchev–Trinajstić information content (AvgIpc) is 3.74. The lowest BCUT2D eigenvalue weighted by atomic mass is 10.1. The standard InChI is InChI=1S/C23H26N2O3.2C7H8O3S/c1-24-9-7-17(13-24)27-15-3-5-19-20-6-4-16(28-18-8-10-25(2)14-18)12-22(20)23(26)21(19)11-15;2*1-6-4-2-3-5-7(6)11(8,9)10/h3-6,11-12,17-18H,7-10,13-14H2,1-2H3;2*2-5H,1H3,(H,8,9,10)/t17-,18-;;/m0../s1. The lowest BCUT2D eigenvalue weighted by Crippen LogP contribution is -2.21. The van der Waals surface area contributed by atoms with Crippen molar-refractivity contribution in [3.63, 3.8) is 0 Å². The molecule has 50 heavy (non-hydrogen) atoms. The summed E-state index contributed by atoms with van der Waals surface area (Å²) in [4.78, 5) is 17.5. The van der Waals surface area contributed by atoms with Crippen LogP contribution in [0.25, 0.3) is 11.1 Å². The number of ether oxygens (including phenoxy) is 2. The summed E-state index contributed by atoms with van der Waals surface area (Å²) < 4.78 is 72.0. The summed E-state index contributed by atoms with van der Waals surface area (Å²) in [5, 5.41) is 0. The van der Waals surface area contributed by atoms with Gasteiger partial charge >= 0.3 is 0 Å². The molecule has 11 nitrogen and oxygen atoms in total. The second-order valence-electron chi connectivity index (χ2n) is 12.8. The number of likely N-dealkylation sites (tertiary alicyclic amines) is 2. The molecule has 2 saturated heterocycles. The number of likely N-dealkylation sites (N-methyl/N-ethyl adjacent to an activating group) is 2. The van der Waals surface area contributed by atoms with Crippen molar-refractivity contribution in [2.24, 2.45) is 0 Å². The van der Waals surface area contributed by atoms with Crippen LogP contribution in [0.2, 0.25) is 0 Å². The summed E-state index contributed by atoms with van der Waals surface area (Å²) in [6.45, 7) is 7.23. The van der Waals surface area contributed by atoms with Crippen molar-refractivity contribution in [3.05, 3.63) is 107 Å². The van der Waals surface area contributed by atoms with Crippen molar-refractivity contribution < 1.29 is 40.2 Å². The zero-order chi connectivity index (χ0) is 36.2. The van der Waals surface area contributed by atoms with E-state index in [1.807, 2.05) is 36.4 Å². The monoisotopic (exact) mass is 722 g/mol. The van der Waals surface area contributed by atoms with Crippen molar-refractivity contribution in [2.45, 2.75) is 48.7 Å². The van der Waals surface area contributed by atoms with Crippen molar-refractivity contribution in [1.82, 2.24) is 9.80 Å². The fraction of sp³-hybridized carbons (Fsp3) is 0.324. The Labute approximate surface area is 294 Å². The van der Waals surface area contributed by atoms with Crippen LogP contribution in [-0.2, 0) is 20.2 Å².